The van der Waals surface area contributed by atoms with Crippen LogP contribution in [-0.4, -0.2) is 52.9 Å². The molecule has 1 aliphatic rings. The molecule has 1 aliphatic heterocycles. The molecule has 0 aliphatic carbocycles. The molecular formula is C12H26N2O2Si. The smallest absolute Gasteiger partial charge is 0.386 e. The first-order chi connectivity index (χ1) is 8.04. The lowest BCUT2D eigenvalue weighted by Crippen LogP contribution is -2.54. The molecule has 0 aromatic rings. The zero-order valence-electron chi connectivity index (χ0n) is 11.8. The molecule has 0 aromatic heterocycles. The van der Waals surface area contributed by atoms with Gasteiger partial charge < -0.3 is 8.85 Å². The molecule has 0 saturated carbocycles. The van der Waals surface area contributed by atoms with Crippen molar-refractivity contribution in [3.8, 4) is 0 Å². The van der Waals surface area contributed by atoms with Crippen LogP contribution in [0.1, 0.15) is 27.2 Å². The molecule has 100 valence electrons. The van der Waals surface area contributed by atoms with Gasteiger partial charge in [0.05, 0.1) is 6.04 Å². The van der Waals surface area contributed by atoms with Crippen LogP contribution in [0.25, 0.3) is 0 Å². The van der Waals surface area contributed by atoms with Gasteiger partial charge in [-0.25, -0.2) is 0 Å². The highest BCUT2D eigenvalue weighted by Crippen LogP contribution is 2.27. The minimum absolute atomic E-state index is 0.313. The second-order valence-electron chi connectivity index (χ2n) is 5.06. The second kappa shape index (κ2) is 6.63. The fourth-order valence-corrected chi connectivity index (χ4v) is 5.34. The first-order valence-corrected chi connectivity index (χ1v) is 8.40. The van der Waals surface area contributed by atoms with Crippen LogP contribution < -0.4 is 0 Å². The summed E-state index contributed by atoms with van der Waals surface area (Å²) in [5, 5.41) is 0. The van der Waals surface area contributed by atoms with Gasteiger partial charge in [0.25, 0.3) is 0 Å². The Morgan fingerprint density at radius 2 is 1.94 bits per heavy atom. The van der Waals surface area contributed by atoms with E-state index in [2.05, 4.69) is 30.3 Å². The predicted molar refractivity (Wildman–Crippen MR) is 73.6 cm³/mol. The van der Waals surface area contributed by atoms with Crippen molar-refractivity contribution < 1.29 is 8.85 Å². The molecule has 0 bridgehead atoms. The Kier molecular flexibility index (Phi) is 5.79. The Bertz CT molecular complexity index is 255. The highest BCUT2D eigenvalue weighted by Gasteiger charge is 2.47. The standard InChI is InChI=1S/C12H26N2O2Si/c1-11(2)9-13-12(3)10-14-7-6-8-17(14,15-4)16-5/h9,11-12H,6-8,10H2,1-5H3. The third kappa shape index (κ3) is 3.88. The second-order valence-corrected chi connectivity index (χ2v) is 8.44. The highest BCUT2D eigenvalue weighted by atomic mass is 28.4. The molecule has 0 N–H and O–H groups in total. The molecule has 0 aromatic carbocycles. The van der Waals surface area contributed by atoms with Crippen molar-refractivity contribution in [3.05, 3.63) is 0 Å². The topological polar surface area (TPSA) is 34.1 Å². The Balaban J connectivity index is 2.55. The lowest BCUT2D eigenvalue weighted by Gasteiger charge is -2.32. The van der Waals surface area contributed by atoms with Gasteiger partial charge in [0.15, 0.2) is 0 Å². The molecule has 1 fully saturated rings. The Labute approximate surface area is 106 Å². The van der Waals surface area contributed by atoms with Crippen LogP contribution in [0.4, 0.5) is 0 Å². The van der Waals surface area contributed by atoms with Crippen molar-refractivity contribution in [1.82, 2.24) is 4.57 Å². The van der Waals surface area contributed by atoms with Crippen molar-refractivity contribution in [2.24, 2.45) is 10.9 Å². The van der Waals surface area contributed by atoms with E-state index in [0.717, 1.165) is 19.1 Å². The molecular weight excluding hydrogens is 232 g/mol. The molecule has 5 heteroatoms. The van der Waals surface area contributed by atoms with Gasteiger partial charge in [-0.3, -0.25) is 9.56 Å². The summed E-state index contributed by atoms with van der Waals surface area (Å²) in [6.07, 6.45) is 3.21. The zero-order chi connectivity index (χ0) is 12.9. The molecule has 4 nitrogen and oxygen atoms in total. The maximum Gasteiger partial charge on any atom is 0.427 e. The minimum Gasteiger partial charge on any atom is -0.386 e. The highest BCUT2D eigenvalue weighted by molar-refractivity contribution is 6.65. The van der Waals surface area contributed by atoms with E-state index in [4.69, 9.17) is 8.85 Å². The SMILES string of the molecule is CO[Si]1(OC)CCCN1CC(C)N=CC(C)C. The van der Waals surface area contributed by atoms with Gasteiger partial charge in [-0.15, -0.1) is 0 Å². The van der Waals surface area contributed by atoms with Gasteiger partial charge >= 0.3 is 8.72 Å². The van der Waals surface area contributed by atoms with Gasteiger partial charge in [-0.05, 0) is 25.8 Å². The summed E-state index contributed by atoms with van der Waals surface area (Å²) in [5.41, 5.74) is 0. The van der Waals surface area contributed by atoms with Crippen LogP contribution in [0.5, 0.6) is 0 Å². The summed E-state index contributed by atoms with van der Waals surface area (Å²) in [4.78, 5) is 4.57. The van der Waals surface area contributed by atoms with Crippen molar-refractivity contribution in [2.45, 2.75) is 39.3 Å². The van der Waals surface area contributed by atoms with Gasteiger partial charge in [0.1, 0.15) is 0 Å². The van der Waals surface area contributed by atoms with Crippen molar-refractivity contribution in [3.63, 3.8) is 0 Å². The molecule has 1 atom stereocenters. The van der Waals surface area contributed by atoms with E-state index < -0.39 is 8.72 Å². The fourth-order valence-electron chi connectivity index (χ4n) is 2.28. The van der Waals surface area contributed by atoms with Crippen molar-refractivity contribution in [2.75, 3.05) is 27.3 Å². The molecule has 1 saturated heterocycles. The molecule has 0 radical (unpaired) electrons. The minimum atomic E-state index is -2.07. The number of hydrogen-bond donors (Lipinski definition) is 0. The van der Waals surface area contributed by atoms with Gasteiger partial charge in [-0.2, -0.15) is 0 Å². The fraction of sp³-hybridized carbons (Fsp3) is 0.917. The van der Waals surface area contributed by atoms with E-state index >= 15 is 0 Å². The van der Waals surface area contributed by atoms with Crippen LogP contribution in [0, 0.1) is 5.92 Å². The molecule has 0 amide bonds. The summed E-state index contributed by atoms with van der Waals surface area (Å²) >= 11 is 0. The summed E-state index contributed by atoms with van der Waals surface area (Å²) in [6, 6.07) is 1.38. The third-order valence-electron chi connectivity index (χ3n) is 3.16. The molecule has 0 spiro atoms. The van der Waals surface area contributed by atoms with E-state index in [1.807, 2.05) is 6.21 Å². The van der Waals surface area contributed by atoms with Crippen LogP contribution >= 0.6 is 0 Å². The quantitative estimate of drug-likeness (QED) is 0.540. The van der Waals surface area contributed by atoms with Crippen LogP contribution in [0.15, 0.2) is 4.99 Å². The van der Waals surface area contributed by atoms with Gasteiger partial charge in [0, 0.05) is 33.0 Å². The van der Waals surface area contributed by atoms with E-state index in [9.17, 15) is 0 Å². The molecule has 1 heterocycles. The Hall–Kier alpha value is -0.233. The molecule has 17 heavy (non-hydrogen) atoms. The summed E-state index contributed by atoms with van der Waals surface area (Å²) in [7, 11) is 1.48. The number of aliphatic imine (C=N–C) groups is 1. The largest absolute Gasteiger partial charge is 0.427 e. The van der Waals surface area contributed by atoms with Gasteiger partial charge in [0.2, 0.25) is 0 Å². The van der Waals surface area contributed by atoms with Gasteiger partial charge in [-0.1, -0.05) is 13.8 Å². The van der Waals surface area contributed by atoms with Crippen molar-refractivity contribution >= 4 is 14.9 Å². The summed E-state index contributed by atoms with van der Waals surface area (Å²) in [5.74, 6) is 0.517. The molecule has 1 unspecified atom stereocenters. The maximum absolute atomic E-state index is 5.68. The van der Waals surface area contributed by atoms with E-state index in [1.54, 1.807) is 14.2 Å². The Morgan fingerprint density at radius 1 is 1.29 bits per heavy atom. The van der Waals surface area contributed by atoms with Crippen LogP contribution in [-0.2, 0) is 8.85 Å². The lowest BCUT2D eigenvalue weighted by atomic mass is 10.2. The van der Waals surface area contributed by atoms with E-state index in [0.29, 0.717) is 12.0 Å². The summed E-state index contributed by atoms with van der Waals surface area (Å²) < 4.78 is 13.7. The van der Waals surface area contributed by atoms with Crippen molar-refractivity contribution in [1.29, 1.82) is 0 Å². The van der Waals surface area contributed by atoms with Crippen LogP contribution in [0.2, 0.25) is 6.04 Å². The number of nitrogens with zero attached hydrogens (tertiary/aromatic N) is 2. The lowest BCUT2D eigenvalue weighted by molar-refractivity contribution is 0.179. The molecule has 1 rings (SSSR count). The Morgan fingerprint density at radius 3 is 2.47 bits per heavy atom. The van der Waals surface area contributed by atoms with E-state index in [1.165, 1.54) is 6.42 Å². The van der Waals surface area contributed by atoms with Crippen LogP contribution in [0.3, 0.4) is 0 Å². The summed E-state index contributed by atoms with van der Waals surface area (Å²) in [6.45, 7) is 8.47. The monoisotopic (exact) mass is 258 g/mol. The average molecular weight is 258 g/mol. The average Bonchev–Trinajstić information content (AvgIpc) is 2.70. The first kappa shape index (κ1) is 14.8. The number of rotatable bonds is 6. The van der Waals surface area contributed by atoms with E-state index in [-0.39, 0.29) is 0 Å². The third-order valence-corrected chi connectivity index (χ3v) is 6.79. The number of hydrogen-bond acceptors (Lipinski definition) is 4. The predicted octanol–water partition coefficient (Wildman–Crippen LogP) is 2.04. The zero-order valence-corrected chi connectivity index (χ0v) is 12.8. The maximum atomic E-state index is 5.68. The normalized spacial score (nSPS) is 22.7. The first-order valence-electron chi connectivity index (χ1n) is 6.42.